The second-order valence-electron chi connectivity index (χ2n) is 6.60. The van der Waals surface area contributed by atoms with E-state index >= 15 is 0 Å². The molecule has 1 aromatic rings. The summed E-state index contributed by atoms with van der Waals surface area (Å²) in [6.07, 6.45) is 5.85. The number of carbonyl (C=O) groups excluding carboxylic acids is 1. The SMILES string of the molecule is CC1CCCCN1C(=O)CN(C)C1CCc2ccccc21. The van der Waals surface area contributed by atoms with Crippen LogP contribution < -0.4 is 0 Å². The largest absolute Gasteiger partial charge is 0.339 e. The summed E-state index contributed by atoms with van der Waals surface area (Å²) in [6.45, 7) is 3.67. The van der Waals surface area contributed by atoms with E-state index in [0.29, 0.717) is 24.5 Å². The van der Waals surface area contributed by atoms with Crippen LogP contribution in [0, 0.1) is 0 Å². The second-order valence-corrected chi connectivity index (χ2v) is 6.60. The van der Waals surface area contributed by atoms with E-state index in [4.69, 9.17) is 0 Å². The van der Waals surface area contributed by atoms with Crippen LogP contribution in [0.5, 0.6) is 0 Å². The van der Waals surface area contributed by atoms with Crippen molar-refractivity contribution in [3.05, 3.63) is 35.4 Å². The lowest BCUT2D eigenvalue weighted by molar-refractivity contribution is -0.135. The van der Waals surface area contributed by atoms with Crippen LogP contribution in [-0.4, -0.2) is 41.9 Å². The maximum absolute atomic E-state index is 12.6. The zero-order valence-corrected chi connectivity index (χ0v) is 13.2. The lowest BCUT2D eigenvalue weighted by Gasteiger charge is -2.35. The lowest BCUT2D eigenvalue weighted by Crippen LogP contribution is -2.46. The molecular formula is C18H26N2O. The van der Waals surface area contributed by atoms with Gasteiger partial charge >= 0.3 is 0 Å². The van der Waals surface area contributed by atoms with E-state index in [2.05, 4.69) is 48.0 Å². The number of aryl methyl sites for hydroxylation is 1. The molecule has 1 saturated heterocycles. The smallest absolute Gasteiger partial charge is 0.236 e. The van der Waals surface area contributed by atoms with Crippen LogP contribution in [0.25, 0.3) is 0 Å². The van der Waals surface area contributed by atoms with Gasteiger partial charge in [-0.25, -0.2) is 0 Å². The van der Waals surface area contributed by atoms with Crippen molar-refractivity contribution in [2.75, 3.05) is 20.1 Å². The van der Waals surface area contributed by atoms with E-state index in [1.54, 1.807) is 0 Å². The Morgan fingerprint density at radius 1 is 1.29 bits per heavy atom. The molecule has 3 rings (SSSR count). The van der Waals surface area contributed by atoms with Gasteiger partial charge in [-0.1, -0.05) is 24.3 Å². The third kappa shape index (κ3) is 2.98. The number of rotatable bonds is 3. The summed E-state index contributed by atoms with van der Waals surface area (Å²) < 4.78 is 0. The molecule has 2 unspecified atom stereocenters. The Morgan fingerprint density at radius 3 is 2.90 bits per heavy atom. The topological polar surface area (TPSA) is 23.6 Å². The van der Waals surface area contributed by atoms with Crippen molar-refractivity contribution in [3.8, 4) is 0 Å². The number of likely N-dealkylation sites (tertiary alicyclic amines) is 1. The Hall–Kier alpha value is -1.35. The van der Waals surface area contributed by atoms with Crippen molar-refractivity contribution in [3.63, 3.8) is 0 Å². The molecule has 0 N–H and O–H groups in total. The fourth-order valence-electron chi connectivity index (χ4n) is 3.88. The minimum atomic E-state index is 0.300. The van der Waals surface area contributed by atoms with Crippen LogP contribution in [0.1, 0.15) is 49.8 Å². The first-order valence-electron chi connectivity index (χ1n) is 8.24. The molecule has 0 aromatic heterocycles. The molecule has 0 spiro atoms. The molecule has 1 aromatic carbocycles. The predicted octanol–water partition coefficient (Wildman–Crippen LogP) is 3.01. The molecule has 3 heteroatoms. The zero-order valence-electron chi connectivity index (χ0n) is 13.2. The monoisotopic (exact) mass is 286 g/mol. The Kier molecular flexibility index (Phi) is 4.29. The van der Waals surface area contributed by atoms with Crippen molar-refractivity contribution in [2.45, 2.75) is 51.1 Å². The van der Waals surface area contributed by atoms with Crippen molar-refractivity contribution in [1.82, 2.24) is 9.80 Å². The van der Waals surface area contributed by atoms with Gasteiger partial charge in [0.15, 0.2) is 0 Å². The summed E-state index contributed by atoms with van der Waals surface area (Å²) in [4.78, 5) is 16.9. The van der Waals surface area contributed by atoms with E-state index in [-0.39, 0.29) is 0 Å². The van der Waals surface area contributed by atoms with E-state index in [1.807, 2.05) is 0 Å². The third-order valence-electron chi connectivity index (χ3n) is 5.14. The summed E-state index contributed by atoms with van der Waals surface area (Å²) in [5, 5.41) is 0. The lowest BCUT2D eigenvalue weighted by atomic mass is 10.0. The standard InChI is InChI=1S/C18H26N2O/c1-14-7-5-6-12-20(14)18(21)13-19(2)17-11-10-15-8-3-4-9-16(15)17/h3-4,8-9,14,17H,5-7,10-13H2,1-2H3. The molecular weight excluding hydrogens is 260 g/mol. The van der Waals surface area contributed by atoms with E-state index in [9.17, 15) is 4.79 Å². The second kappa shape index (κ2) is 6.18. The molecule has 1 heterocycles. The molecule has 21 heavy (non-hydrogen) atoms. The predicted molar refractivity (Wildman–Crippen MR) is 85.2 cm³/mol. The average Bonchev–Trinajstić information content (AvgIpc) is 2.91. The Labute approximate surface area is 127 Å². The number of hydrogen-bond donors (Lipinski definition) is 0. The van der Waals surface area contributed by atoms with Crippen LogP contribution >= 0.6 is 0 Å². The number of amides is 1. The summed E-state index contributed by atoms with van der Waals surface area (Å²) >= 11 is 0. The molecule has 114 valence electrons. The van der Waals surface area contributed by atoms with Crippen LogP contribution in [0.2, 0.25) is 0 Å². The summed E-state index contributed by atoms with van der Waals surface area (Å²) in [5.74, 6) is 0.300. The van der Waals surface area contributed by atoms with Gasteiger partial charge in [0.05, 0.1) is 6.54 Å². The summed E-state index contributed by atoms with van der Waals surface area (Å²) in [5.41, 5.74) is 2.87. The van der Waals surface area contributed by atoms with E-state index in [0.717, 1.165) is 32.2 Å². The highest BCUT2D eigenvalue weighted by molar-refractivity contribution is 5.78. The molecule has 0 saturated carbocycles. The van der Waals surface area contributed by atoms with Gasteiger partial charge < -0.3 is 4.90 Å². The van der Waals surface area contributed by atoms with Gasteiger partial charge in [0.2, 0.25) is 5.91 Å². The number of benzene rings is 1. The molecule has 2 atom stereocenters. The highest BCUT2D eigenvalue weighted by Crippen LogP contribution is 2.34. The van der Waals surface area contributed by atoms with E-state index in [1.165, 1.54) is 17.5 Å². The van der Waals surface area contributed by atoms with Crippen LogP contribution in [-0.2, 0) is 11.2 Å². The first-order valence-corrected chi connectivity index (χ1v) is 8.24. The molecule has 3 nitrogen and oxygen atoms in total. The van der Waals surface area contributed by atoms with Crippen molar-refractivity contribution < 1.29 is 4.79 Å². The number of carbonyl (C=O) groups is 1. The molecule has 1 aliphatic carbocycles. The minimum absolute atomic E-state index is 0.300. The van der Waals surface area contributed by atoms with E-state index < -0.39 is 0 Å². The summed E-state index contributed by atoms with van der Waals surface area (Å²) in [7, 11) is 2.10. The first kappa shape index (κ1) is 14.6. The molecule has 2 aliphatic rings. The number of piperidine rings is 1. The summed E-state index contributed by atoms with van der Waals surface area (Å²) in [6, 6.07) is 9.48. The van der Waals surface area contributed by atoms with Gasteiger partial charge in [0, 0.05) is 18.6 Å². The van der Waals surface area contributed by atoms with Gasteiger partial charge in [-0.3, -0.25) is 9.69 Å². The zero-order chi connectivity index (χ0) is 14.8. The highest BCUT2D eigenvalue weighted by atomic mass is 16.2. The maximum atomic E-state index is 12.6. The van der Waals surface area contributed by atoms with Gasteiger partial charge in [-0.05, 0) is 57.2 Å². The Bertz CT molecular complexity index is 514. The number of likely N-dealkylation sites (N-methyl/N-ethyl adjacent to an activating group) is 1. The van der Waals surface area contributed by atoms with Gasteiger partial charge in [-0.2, -0.15) is 0 Å². The molecule has 1 fully saturated rings. The molecule has 1 aliphatic heterocycles. The van der Waals surface area contributed by atoms with Gasteiger partial charge in [-0.15, -0.1) is 0 Å². The Morgan fingerprint density at radius 2 is 2.10 bits per heavy atom. The normalized spacial score (nSPS) is 25.2. The van der Waals surface area contributed by atoms with Crippen LogP contribution in [0.15, 0.2) is 24.3 Å². The molecule has 0 radical (unpaired) electrons. The van der Waals surface area contributed by atoms with Crippen molar-refractivity contribution >= 4 is 5.91 Å². The molecule has 0 bridgehead atoms. The van der Waals surface area contributed by atoms with Crippen molar-refractivity contribution in [2.24, 2.45) is 0 Å². The fourth-order valence-corrected chi connectivity index (χ4v) is 3.88. The van der Waals surface area contributed by atoms with Crippen molar-refractivity contribution in [1.29, 1.82) is 0 Å². The van der Waals surface area contributed by atoms with Gasteiger partial charge in [0.1, 0.15) is 0 Å². The highest BCUT2D eigenvalue weighted by Gasteiger charge is 2.29. The Balaban J connectivity index is 1.64. The minimum Gasteiger partial charge on any atom is -0.339 e. The first-order chi connectivity index (χ1) is 10.2. The fraction of sp³-hybridized carbons (Fsp3) is 0.611. The third-order valence-corrected chi connectivity index (χ3v) is 5.14. The maximum Gasteiger partial charge on any atom is 0.236 e. The average molecular weight is 286 g/mol. The number of nitrogens with zero attached hydrogens (tertiary/aromatic N) is 2. The number of fused-ring (bicyclic) bond motifs is 1. The number of hydrogen-bond acceptors (Lipinski definition) is 2. The van der Waals surface area contributed by atoms with Crippen LogP contribution in [0.3, 0.4) is 0 Å². The molecule has 1 amide bonds. The quantitative estimate of drug-likeness (QED) is 0.853. The van der Waals surface area contributed by atoms with Crippen LogP contribution in [0.4, 0.5) is 0 Å². The van der Waals surface area contributed by atoms with Gasteiger partial charge in [0.25, 0.3) is 0 Å².